The summed E-state index contributed by atoms with van der Waals surface area (Å²) < 4.78 is 0.849. The third kappa shape index (κ3) is 4.24. The van der Waals surface area contributed by atoms with Crippen LogP contribution < -0.4 is 5.73 Å². The maximum Gasteiger partial charge on any atom is 0.254 e. The maximum absolute atomic E-state index is 12.5. The number of amides is 1. The fourth-order valence-electron chi connectivity index (χ4n) is 1.74. The number of carbonyl (C=O) groups is 1. The first-order valence-corrected chi connectivity index (χ1v) is 6.80. The third-order valence-electron chi connectivity index (χ3n) is 2.69. The summed E-state index contributed by atoms with van der Waals surface area (Å²) in [6, 6.07) is 5.55. The van der Waals surface area contributed by atoms with Gasteiger partial charge in [0.05, 0.1) is 6.54 Å². The average Bonchev–Trinajstić information content (AvgIpc) is 2.40. The van der Waals surface area contributed by atoms with Gasteiger partial charge >= 0.3 is 0 Å². The van der Waals surface area contributed by atoms with Gasteiger partial charge in [0.2, 0.25) is 0 Å². The SMILES string of the molecule is CCCN(CC(N)=NO)C(=O)c1cc(Br)ccc1C. The van der Waals surface area contributed by atoms with Gasteiger partial charge in [-0.15, -0.1) is 0 Å². The van der Waals surface area contributed by atoms with E-state index in [9.17, 15) is 4.79 Å². The number of carbonyl (C=O) groups excluding carboxylic acids is 1. The van der Waals surface area contributed by atoms with Gasteiger partial charge in [0.15, 0.2) is 5.84 Å². The molecule has 19 heavy (non-hydrogen) atoms. The summed E-state index contributed by atoms with van der Waals surface area (Å²) in [6.07, 6.45) is 0.803. The highest BCUT2D eigenvalue weighted by atomic mass is 79.9. The lowest BCUT2D eigenvalue weighted by atomic mass is 10.1. The van der Waals surface area contributed by atoms with Crippen LogP contribution in [0.25, 0.3) is 0 Å². The van der Waals surface area contributed by atoms with Crippen LogP contribution in [-0.2, 0) is 0 Å². The number of benzene rings is 1. The molecule has 0 unspecified atom stereocenters. The summed E-state index contributed by atoms with van der Waals surface area (Å²) in [5.41, 5.74) is 7.00. The summed E-state index contributed by atoms with van der Waals surface area (Å²) in [5, 5.41) is 11.5. The largest absolute Gasteiger partial charge is 0.409 e. The van der Waals surface area contributed by atoms with Gasteiger partial charge in [-0.05, 0) is 31.0 Å². The first-order chi connectivity index (χ1) is 8.99. The highest BCUT2D eigenvalue weighted by molar-refractivity contribution is 9.10. The van der Waals surface area contributed by atoms with E-state index in [1.165, 1.54) is 0 Å². The summed E-state index contributed by atoms with van der Waals surface area (Å²) in [4.78, 5) is 14.0. The molecule has 0 spiro atoms. The van der Waals surface area contributed by atoms with Gasteiger partial charge in [-0.2, -0.15) is 0 Å². The monoisotopic (exact) mass is 327 g/mol. The van der Waals surface area contributed by atoms with Crippen molar-refractivity contribution in [3.05, 3.63) is 33.8 Å². The number of rotatable bonds is 5. The molecular weight excluding hydrogens is 310 g/mol. The highest BCUT2D eigenvalue weighted by Crippen LogP contribution is 2.18. The maximum atomic E-state index is 12.5. The molecule has 104 valence electrons. The summed E-state index contributed by atoms with van der Waals surface area (Å²) in [5.74, 6) is -0.0956. The van der Waals surface area contributed by atoms with E-state index in [-0.39, 0.29) is 18.3 Å². The molecular formula is C13H18BrN3O2. The third-order valence-corrected chi connectivity index (χ3v) is 3.19. The zero-order valence-corrected chi connectivity index (χ0v) is 12.6. The molecule has 0 saturated heterocycles. The minimum absolute atomic E-state index is 0.0226. The van der Waals surface area contributed by atoms with E-state index in [1.807, 2.05) is 26.0 Å². The van der Waals surface area contributed by atoms with E-state index in [4.69, 9.17) is 10.9 Å². The number of hydrogen-bond donors (Lipinski definition) is 2. The normalized spacial score (nSPS) is 11.4. The average molecular weight is 328 g/mol. The minimum atomic E-state index is -0.118. The number of amidine groups is 1. The standard InChI is InChI=1S/C13H18BrN3O2/c1-3-6-17(8-12(15)16-19)13(18)11-7-10(14)5-4-9(11)2/h4-5,7,19H,3,6,8H2,1-2H3,(H2,15,16). The van der Waals surface area contributed by atoms with Gasteiger partial charge < -0.3 is 15.8 Å². The topological polar surface area (TPSA) is 78.9 Å². The van der Waals surface area contributed by atoms with E-state index in [1.54, 1.807) is 11.0 Å². The molecule has 0 bridgehead atoms. The van der Waals surface area contributed by atoms with Crippen molar-refractivity contribution in [3.63, 3.8) is 0 Å². The molecule has 0 aliphatic carbocycles. The predicted molar refractivity (Wildman–Crippen MR) is 78.5 cm³/mol. The van der Waals surface area contributed by atoms with Crippen LogP contribution in [0.1, 0.15) is 29.3 Å². The Morgan fingerprint density at radius 1 is 1.53 bits per heavy atom. The molecule has 3 N–H and O–H groups in total. The van der Waals surface area contributed by atoms with Crippen molar-refractivity contribution >= 4 is 27.7 Å². The van der Waals surface area contributed by atoms with Gasteiger partial charge in [-0.1, -0.05) is 34.1 Å². The van der Waals surface area contributed by atoms with Crippen LogP contribution in [-0.4, -0.2) is 34.9 Å². The second-order valence-electron chi connectivity index (χ2n) is 4.28. The van der Waals surface area contributed by atoms with Crippen LogP contribution >= 0.6 is 15.9 Å². The smallest absolute Gasteiger partial charge is 0.254 e. The van der Waals surface area contributed by atoms with Crippen LogP contribution in [0.15, 0.2) is 27.8 Å². The van der Waals surface area contributed by atoms with Crippen molar-refractivity contribution in [3.8, 4) is 0 Å². The van der Waals surface area contributed by atoms with Crippen molar-refractivity contribution < 1.29 is 10.0 Å². The van der Waals surface area contributed by atoms with E-state index in [2.05, 4.69) is 21.1 Å². The van der Waals surface area contributed by atoms with Crippen LogP contribution in [0.2, 0.25) is 0 Å². The first kappa shape index (κ1) is 15.5. The Labute approximate surface area is 121 Å². The molecule has 1 rings (SSSR count). The Morgan fingerprint density at radius 3 is 2.79 bits per heavy atom. The first-order valence-electron chi connectivity index (χ1n) is 6.01. The Bertz CT molecular complexity index is 489. The Kier molecular flexibility index (Phi) is 5.82. The van der Waals surface area contributed by atoms with E-state index in [0.29, 0.717) is 12.1 Å². The van der Waals surface area contributed by atoms with Crippen LogP contribution in [0.5, 0.6) is 0 Å². The molecule has 0 aliphatic rings. The number of nitrogens with two attached hydrogens (primary N) is 1. The highest BCUT2D eigenvalue weighted by Gasteiger charge is 2.18. The summed E-state index contributed by atoms with van der Waals surface area (Å²) in [7, 11) is 0. The second-order valence-corrected chi connectivity index (χ2v) is 5.19. The Morgan fingerprint density at radius 2 is 2.21 bits per heavy atom. The van der Waals surface area contributed by atoms with Gasteiger partial charge in [-0.25, -0.2) is 0 Å². The number of hydrogen-bond acceptors (Lipinski definition) is 3. The summed E-state index contributed by atoms with van der Waals surface area (Å²) in [6.45, 7) is 4.53. The molecule has 0 aromatic heterocycles. The molecule has 1 amide bonds. The van der Waals surface area contributed by atoms with E-state index < -0.39 is 0 Å². The lowest BCUT2D eigenvalue weighted by Crippen LogP contribution is -2.39. The molecule has 1 aromatic carbocycles. The zero-order chi connectivity index (χ0) is 14.4. The van der Waals surface area contributed by atoms with Gasteiger partial charge in [-0.3, -0.25) is 4.79 Å². The molecule has 5 nitrogen and oxygen atoms in total. The van der Waals surface area contributed by atoms with Gasteiger partial charge in [0.1, 0.15) is 0 Å². The van der Waals surface area contributed by atoms with Crippen LogP contribution in [0.4, 0.5) is 0 Å². The van der Waals surface area contributed by atoms with Crippen LogP contribution in [0, 0.1) is 6.92 Å². The number of oxime groups is 1. The molecule has 0 aliphatic heterocycles. The van der Waals surface area contributed by atoms with Crippen molar-refractivity contribution in [2.24, 2.45) is 10.9 Å². The molecule has 0 radical (unpaired) electrons. The lowest BCUT2D eigenvalue weighted by Gasteiger charge is -2.22. The number of aryl methyl sites for hydroxylation is 1. The molecule has 1 aromatic rings. The number of halogens is 1. The molecule has 6 heteroatoms. The van der Waals surface area contributed by atoms with Crippen molar-refractivity contribution in [2.45, 2.75) is 20.3 Å². The predicted octanol–water partition coefficient (Wildman–Crippen LogP) is 2.36. The number of nitrogens with zero attached hydrogens (tertiary/aromatic N) is 2. The molecule has 0 saturated carbocycles. The van der Waals surface area contributed by atoms with E-state index in [0.717, 1.165) is 16.5 Å². The Balaban J connectivity index is 3.01. The summed E-state index contributed by atoms with van der Waals surface area (Å²) >= 11 is 3.36. The quantitative estimate of drug-likeness (QED) is 0.377. The molecule has 0 heterocycles. The fraction of sp³-hybridized carbons (Fsp3) is 0.385. The van der Waals surface area contributed by atoms with Crippen LogP contribution in [0.3, 0.4) is 0 Å². The second kappa shape index (κ2) is 7.13. The van der Waals surface area contributed by atoms with E-state index >= 15 is 0 Å². The van der Waals surface area contributed by atoms with Crippen molar-refractivity contribution in [2.75, 3.05) is 13.1 Å². The van der Waals surface area contributed by atoms with Gasteiger partial charge in [0, 0.05) is 16.6 Å². The Hall–Kier alpha value is -1.56. The van der Waals surface area contributed by atoms with Crippen molar-refractivity contribution in [1.29, 1.82) is 0 Å². The lowest BCUT2D eigenvalue weighted by molar-refractivity contribution is 0.0777. The van der Waals surface area contributed by atoms with Crippen molar-refractivity contribution in [1.82, 2.24) is 4.90 Å². The van der Waals surface area contributed by atoms with Gasteiger partial charge in [0.25, 0.3) is 5.91 Å². The fourth-order valence-corrected chi connectivity index (χ4v) is 2.11. The molecule has 0 atom stereocenters. The molecule has 0 fully saturated rings. The zero-order valence-electron chi connectivity index (χ0n) is 11.1. The minimum Gasteiger partial charge on any atom is -0.409 e.